The summed E-state index contributed by atoms with van der Waals surface area (Å²) in [7, 11) is 0. The molecule has 0 aromatic heterocycles. The van der Waals surface area contributed by atoms with E-state index in [-0.39, 0.29) is 18.3 Å². The van der Waals surface area contributed by atoms with Crippen LogP contribution in [0, 0.1) is 11.8 Å². The number of halogens is 3. The van der Waals surface area contributed by atoms with Crippen LogP contribution in [-0.4, -0.2) is 42.9 Å². The second-order valence-corrected chi connectivity index (χ2v) is 8.22. The molecule has 162 valence electrons. The van der Waals surface area contributed by atoms with Gasteiger partial charge in [0.1, 0.15) is 0 Å². The summed E-state index contributed by atoms with van der Waals surface area (Å²) in [6, 6.07) is 15.3. The van der Waals surface area contributed by atoms with Crippen LogP contribution >= 0.6 is 35.6 Å². The van der Waals surface area contributed by atoms with Crippen LogP contribution in [0.5, 0.6) is 0 Å². The second-order valence-electron chi connectivity index (χ2n) is 7.35. The fourth-order valence-electron chi connectivity index (χ4n) is 3.63. The molecule has 2 amide bonds. The molecule has 2 aromatic rings. The maximum atomic E-state index is 13.2. The van der Waals surface area contributed by atoms with E-state index >= 15 is 0 Å². The number of amides is 2. The van der Waals surface area contributed by atoms with Crippen molar-refractivity contribution < 1.29 is 9.59 Å². The van der Waals surface area contributed by atoms with Crippen LogP contribution in [0.25, 0.3) is 0 Å². The highest BCUT2D eigenvalue weighted by Crippen LogP contribution is 2.20. The van der Waals surface area contributed by atoms with Crippen LogP contribution in [0.3, 0.4) is 0 Å². The predicted molar refractivity (Wildman–Crippen MR) is 123 cm³/mol. The third-order valence-electron chi connectivity index (χ3n) is 5.38. The smallest absolute Gasteiger partial charge is 0.227 e. The minimum absolute atomic E-state index is 0. The molecule has 1 fully saturated rings. The van der Waals surface area contributed by atoms with E-state index in [0.717, 1.165) is 11.1 Å². The van der Waals surface area contributed by atoms with Gasteiger partial charge in [-0.3, -0.25) is 9.59 Å². The van der Waals surface area contributed by atoms with Gasteiger partial charge >= 0.3 is 0 Å². The normalized spacial score (nSPS) is 17.9. The first-order valence-corrected chi connectivity index (χ1v) is 10.5. The van der Waals surface area contributed by atoms with Crippen molar-refractivity contribution in [1.82, 2.24) is 10.2 Å². The number of primary amides is 1. The van der Waals surface area contributed by atoms with Gasteiger partial charge in [-0.25, -0.2) is 0 Å². The fraction of sp³-hybridized carbons (Fsp3) is 0.364. The zero-order valence-corrected chi connectivity index (χ0v) is 18.8. The zero-order valence-electron chi connectivity index (χ0n) is 16.5. The van der Waals surface area contributed by atoms with E-state index in [9.17, 15) is 9.59 Å². The summed E-state index contributed by atoms with van der Waals surface area (Å²) in [5.41, 5.74) is 7.72. The van der Waals surface area contributed by atoms with E-state index in [1.54, 1.807) is 0 Å². The van der Waals surface area contributed by atoms with Crippen molar-refractivity contribution in [2.75, 3.05) is 26.2 Å². The summed E-state index contributed by atoms with van der Waals surface area (Å²) < 4.78 is 0. The van der Waals surface area contributed by atoms with E-state index in [1.165, 1.54) is 0 Å². The quantitative estimate of drug-likeness (QED) is 0.621. The third kappa shape index (κ3) is 6.61. The van der Waals surface area contributed by atoms with Crippen molar-refractivity contribution in [3.63, 3.8) is 0 Å². The van der Waals surface area contributed by atoms with Gasteiger partial charge in [-0.05, 0) is 48.2 Å². The standard InChI is InChI=1S/C22H25Cl2N3O2.ClH/c23-17-5-1-15(2-6-17)9-11-27(12-10-16-3-7-18(24)8-4-16)22(29)20-14-26-13-19(20)21(25)28;/h1-8,19-20,26H,9-14H2,(H2,25,28);1H. The van der Waals surface area contributed by atoms with Crippen LogP contribution < -0.4 is 11.1 Å². The van der Waals surface area contributed by atoms with Crippen molar-refractivity contribution in [3.8, 4) is 0 Å². The van der Waals surface area contributed by atoms with Crippen molar-refractivity contribution >= 4 is 47.4 Å². The number of nitrogens with two attached hydrogens (primary N) is 1. The minimum atomic E-state index is -0.462. The number of hydrogen-bond donors (Lipinski definition) is 2. The molecule has 2 unspecified atom stereocenters. The Morgan fingerprint density at radius 2 is 1.30 bits per heavy atom. The maximum absolute atomic E-state index is 13.2. The van der Waals surface area contributed by atoms with Crippen molar-refractivity contribution in [2.24, 2.45) is 17.6 Å². The van der Waals surface area contributed by atoms with Crippen LogP contribution in [-0.2, 0) is 22.4 Å². The molecular weight excluding hydrogens is 445 g/mol. The molecule has 1 aliphatic heterocycles. The molecule has 2 aromatic carbocycles. The number of hydrogen-bond acceptors (Lipinski definition) is 3. The Labute approximate surface area is 193 Å². The molecule has 0 saturated carbocycles. The minimum Gasteiger partial charge on any atom is -0.369 e. The van der Waals surface area contributed by atoms with Crippen LogP contribution in [0.15, 0.2) is 48.5 Å². The Morgan fingerprint density at radius 1 is 0.867 bits per heavy atom. The van der Waals surface area contributed by atoms with E-state index in [0.29, 0.717) is 49.1 Å². The SMILES string of the molecule is Cl.NC(=O)C1CNCC1C(=O)N(CCc1ccc(Cl)cc1)CCc1ccc(Cl)cc1. The molecule has 1 saturated heterocycles. The Morgan fingerprint density at radius 3 is 1.73 bits per heavy atom. The number of rotatable bonds is 8. The summed E-state index contributed by atoms with van der Waals surface area (Å²) in [4.78, 5) is 26.8. The predicted octanol–water partition coefficient (Wildman–Crippen LogP) is 3.35. The van der Waals surface area contributed by atoms with Gasteiger partial charge in [0.2, 0.25) is 11.8 Å². The molecule has 0 aliphatic carbocycles. The molecule has 0 bridgehead atoms. The first-order valence-electron chi connectivity index (χ1n) is 9.72. The molecule has 8 heteroatoms. The van der Waals surface area contributed by atoms with Crippen molar-refractivity contribution in [2.45, 2.75) is 12.8 Å². The maximum Gasteiger partial charge on any atom is 0.227 e. The number of nitrogens with zero attached hydrogens (tertiary/aromatic N) is 1. The lowest BCUT2D eigenvalue weighted by Crippen LogP contribution is -2.44. The van der Waals surface area contributed by atoms with Gasteiger partial charge in [0.15, 0.2) is 0 Å². The Bertz CT molecular complexity index is 794. The first kappa shape index (κ1) is 24.5. The second kappa shape index (κ2) is 11.6. The molecule has 0 spiro atoms. The summed E-state index contributed by atoms with van der Waals surface area (Å²) >= 11 is 11.9. The summed E-state index contributed by atoms with van der Waals surface area (Å²) in [5.74, 6) is -1.33. The average molecular weight is 471 g/mol. The highest BCUT2D eigenvalue weighted by molar-refractivity contribution is 6.30. The zero-order chi connectivity index (χ0) is 20.8. The van der Waals surface area contributed by atoms with Crippen molar-refractivity contribution in [3.05, 3.63) is 69.7 Å². The van der Waals surface area contributed by atoms with Gasteiger partial charge in [-0.2, -0.15) is 0 Å². The molecule has 5 nitrogen and oxygen atoms in total. The molecule has 2 atom stereocenters. The average Bonchev–Trinajstić information content (AvgIpc) is 3.20. The Hall–Kier alpha value is -1.79. The number of benzene rings is 2. The summed E-state index contributed by atoms with van der Waals surface area (Å²) in [6.45, 7) is 2.06. The molecular formula is C22H26Cl3N3O2. The van der Waals surface area contributed by atoms with Crippen molar-refractivity contribution in [1.29, 1.82) is 0 Å². The number of carbonyl (C=O) groups excluding carboxylic acids is 2. The van der Waals surface area contributed by atoms with Gasteiger partial charge in [0, 0.05) is 36.2 Å². The lowest BCUT2D eigenvalue weighted by Gasteiger charge is -2.27. The van der Waals surface area contributed by atoms with E-state index in [4.69, 9.17) is 28.9 Å². The number of carbonyl (C=O) groups is 2. The number of nitrogens with one attached hydrogen (secondary N) is 1. The summed E-state index contributed by atoms with van der Waals surface area (Å²) in [5, 5.41) is 4.49. The fourth-order valence-corrected chi connectivity index (χ4v) is 3.89. The van der Waals surface area contributed by atoms with E-state index < -0.39 is 17.7 Å². The Kier molecular flexibility index (Phi) is 9.43. The molecule has 3 N–H and O–H groups in total. The monoisotopic (exact) mass is 469 g/mol. The molecule has 3 rings (SSSR count). The molecule has 1 aliphatic rings. The first-order chi connectivity index (χ1) is 13.9. The van der Waals surface area contributed by atoms with Gasteiger partial charge in [0.25, 0.3) is 0 Å². The van der Waals surface area contributed by atoms with Crippen LogP contribution in [0.4, 0.5) is 0 Å². The largest absolute Gasteiger partial charge is 0.369 e. The van der Waals surface area contributed by atoms with Gasteiger partial charge < -0.3 is 16.0 Å². The van der Waals surface area contributed by atoms with E-state index in [1.807, 2.05) is 53.4 Å². The Balaban J connectivity index is 0.00000320. The summed E-state index contributed by atoms with van der Waals surface area (Å²) in [6.07, 6.45) is 1.43. The van der Waals surface area contributed by atoms with Crippen LogP contribution in [0.1, 0.15) is 11.1 Å². The molecule has 1 heterocycles. The topological polar surface area (TPSA) is 75.4 Å². The van der Waals surface area contributed by atoms with Gasteiger partial charge in [-0.15, -0.1) is 12.4 Å². The highest BCUT2D eigenvalue weighted by Gasteiger charge is 2.38. The van der Waals surface area contributed by atoms with Gasteiger partial charge in [-0.1, -0.05) is 47.5 Å². The van der Waals surface area contributed by atoms with Gasteiger partial charge in [0.05, 0.1) is 11.8 Å². The molecule has 0 radical (unpaired) electrons. The van der Waals surface area contributed by atoms with Crippen LogP contribution in [0.2, 0.25) is 10.0 Å². The lowest BCUT2D eigenvalue weighted by molar-refractivity contribution is -0.139. The highest BCUT2D eigenvalue weighted by atomic mass is 35.5. The lowest BCUT2D eigenvalue weighted by atomic mass is 9.93. The third-order valence-corrected chi connectivity index (χ3v) is 5.88. The molecule has 30 heavy (non-hydrogen) atoms. The van der Waals surface area contributed by atoms with E-state index in [2.05, 4.69) is 5.32 Å².